The third-order valence-corrected chi connectivity index (χ3v) is 2.88. The maximum absolute atomic E-state index is 12.4. The van der Waals surface area contributed by atoms with Gasteiger partial charge in [-0.25, -0.2) is 0 Å². The maximum Gasteiger partial charge on any atom is 0.387 e. The van der Waals surface area contributed by atoms with Crippen molar-refractivity contribution in [3.8, 4) is 11.5 Å². The molecule has 0 aliphatic rings. The number of aromatic nitrogens is 1. The number of aryl methyl sites for hydroxylation is 1. The molecule has 23 heavy (non-hydrogen) atoms. The highest BCUT2D eigenvalue weighted by Gasteiger charge is 2.21. The Morgan fingerprint density at radius 1 is 1.35 bits per heavy atom. The molecule has 7 nitrogen and oxygen atoms in total. The molecule has 9 heteroatoms. The molecule has 0 amide bonds. The van der Waals surface area contributed by atoms with Gasteiger partial charge in [-0.3, -0.25) is 10.1 Å². The Kier molecular flexibility index (Phi) is 4.89. The number of nitrogens with zero attached hydrogens (tertiary/aromatic N) is 2. The first-order valence-electron chi connectivity index (χ1n) is 6.34. The lowest BCUT2D eigenvalue weighted by atomic mass is 10.1. The summed E-state index contributed by atoms with van der Waals surface area (Å²) in [6, 6.07) is 4.34. The van der Waals surface area contributed by atoms with Crippen molar-refractivity contribution < 1.29 is 27.7 Å². The van der Waals surface area contributed by atoms with Crippen LogP contribution in [0.3, 0.4) is 0 Å². The van der Waals surface area contributed by atoms with Crippen molar-refractivity contribution in [2.24, 2.45) is 0 Å². The van der Waals surface area contributed by atoms with E-state index in [1.807, 2.05) is 0 Å². The van der Waals surface area contributed by atoms with E-state index in [0.717, 1.165) is 0 Å². The lowest BCUT2D eigenvalue weighted by Gasteiger charge is -2.10. The summed E-state index contributed by atoms with van der Waals surface area (Å²) in [4.78, 5) is 10.3. The van der Waals surface area contributed by atoms with E-state index in [1.54, 1.807) is 6.07 Å². The highest BCUT2D eigenvalue weighted by atomic mass is 19.3. The van der Waals surface area contributed by atoms with Crippen molar-refractivity contribution in [3.05, 3.63) is 45.3 Å². The van der Waals surface area contributed by atoms with E-state index in [0.29, 0.717) is 5.56 Å². The Balaban J connectivity index is 2.31. The molecule has 0 saturated heterocycles. The van der Waals surface area contributed by atoms with Crippen LogP contribution in [-0.2, 0) is 0 Å². The van der Waals surface area contributed by atoms with Crippen LogP contribution >= 0.6 is 0 Å². The van der Waals surface area contributed by atoms with E-state index in [2.05, 4.69) is 9.89 Å². The van der Waals surface area contributed by atoms with E-state index in [1.165, 1.54) is 38.3 Å². The molecule has 1 aromatic heterocycles. The van der Waals surface area contributed by atoms with Gasteiger partial charge in [0.05, 0.1) is 12.0 Å². The number of ether oxygens (including phenoxy) is 2. The van der Waals surface area contributed by atoms with E-state index >= 15 is 0 Å². The molecular weight excluding hydrogens is 314 g/mol. The summed E-state index contributed by atoms with van der Waals surface area (Å²) in [5.41, 5.74) is 0.245. The fourth-order valence-corrected chi connectivity index (χ4v) is 1.88. The van der Waals surface area contributed by atoms with Crippen LogP contribution in [0.5, 0.6) is 11.5 Å². The summed E-state index contributed by atoms with van der Waals surface area (Å²) < 4.78 is 38.8. The van der Waals surface area contributed by atoms with Gasteiger partial charge in [0.1, 0.15) is 0 Å². The molecule has 0 saturated carbocycles. The molecule has 0 spiro atoms. The Morgan fingerprint density at radius 3 is 2.70 bits per heavy atom. The van der Waals surface area contributed by atoms with Gasteiger partial charge >= 0.3 is 12.3 Å². The van der Waals surface area contributed by atoms with Crippen LogP contribution < -0.4 is 9.47 Å². The Hall–Kier alpha value is -2.97. The first-order valence-corrected chi connectivity index (χ1v) is 6.34. The molecular formula is C14H12F2N2O5. The number of methoxy groups -OCH3 is 1. The molecule has 0 fully saturated rings. The van der Waals surface area contributed by atoms with Gasteiger partial charge in [-0.2, -0.15) is 8.78 Å². The number of alkyl halides is 2. The van der Waals surface area contributed by atoms with Crippen LogP contribution in [0.1, 0.15) is 17.0 Å². The number of hydrogen-bond donors (Lipinski definition) is 0. The SMILES string of the molecule is COc1ccc(/C=C/c2noc(C)c2[N+](=O)[O-])cc1OC(F)F. The molecule has 0 atom stereocenters. The van der Waals surface area contributed by atoms with Crippen molar-refractivity contribution in [1.82, 2.24) is 5.16 Å². The minimum atomic E-state index is -3.00. The smallest absolute Gasteiger partial charge is 0.387 e. The third kappa shape index (κ3) is 3.82. The minimum Gasteiger partial charge on any atom is -0.493 e. The average Bonchev–Trinajstić information content (AvgIpc) is 2.86. The van der Waals surface area contributed by atoms with E-state index in [4.69, 9.17) is 9.26 Å². The van der Waals surface area contributed by atoms with Crippen molar-refractivity contribution in [1.29, 1.82) is 0 Å². The molecule has 1 aromatic carbocycles. The van der Waals surface area contributed by atoms with Gasteiger partial charge in [0.25, 0.3) is 0 Å². The van der Waals surface area contributed by atoms with Gasteiger partial charge < -0.3 is 14.0 Å². The standard InChI is InChI=1S/C14H12F2N2O5/c1-8-13(18(19)20)10(17-23-8)5-3-9-4-6-11(21-2)12(7-9)22-14(15)16/h3-7,14H,1-2H3/b5-3+. The van der Waals surface area contributed by atoms with Gasteiger partial charge in [-0.1, -0.05) is 17.3 Å². The van der Waals surface area contributed by atoms with Crippen LogP contribution in [0, 0.1) is 17.0 Å². The second kappa shape index (κ2) is 6.86. The van der Waals surface area contributed by atoms with Crippen molar-refractivity contribution >= 4 is 17.8 Å². The maximum atomic E-state index is 12.4. The fourth-order valence-electron chi connectivity index (χ4n) is 1.88. The zero-order valence-corrected chi connectivity index (χ0v) is 12.2. The van der Waals surface area contributed by atoms with Crippen LogP contribution in [0.15, 0.2) is 22.7 Å². The van der Waals surface area contributed by atoms with Gasteiger partial charge in [0.2, 0.25) is 5.76 Å². The van der Waals surface area contributed by atoms with Crippen LogP contribution in [0.2, 0.25) is 0 Å². The Bertz CT molecular complexity index is 743. The number of benzene rings is 1. The molecule has 2 rings (SSSR count). The number of rotatable bonds is 6. The van der Waals surface area contributed by atoms with E-state index in [9.17, 15) is 18.9 Å². The lowest BCUT2D eigenvalue weighted by molar-refractivity contribution is -0.386. The molecule has 0 N–H and O–H groups in total. The molecule has 2 aromatic rings. The molecule has 0 aliphatic carbocycles. The fraction of sp³-hybridized carbons (Fsp3) is 0.214. The van der Waals surface area contributed by atoms with Crippen LogP contribution in [-0.4, -0.2) is 23.8 Å². The van der Waals surface area contributed by atoms with Gasteiger partial charge in [-0.05, 0) is 23.8 Å². The first kappa shape index (κ1) is 16.4. The van der Waals surface area contributed by atoms with Gasteiger partial charge in [0.15, 0.2) is 17.2 Å². The number of nitro groups is 1. The largest absolute Gasteiger partial charge is 0.493 e. The average molecular weight is 326 g/mol. The number of halogens is 2. The van der Waals surface area contributed by atoms with Crippen molar-refractivity contribution in [3.63, 3.8) is 0 Å². The normalized spacial score (nSPS) is 11.2. The molecule has 1 heterocycles. The van der Waals surface area contributed by atoms with E-state index in [-0.39, 0.29) is 28.6 Å². The highest BCUT2D eigenvalue weighted by molar-refractivity contribution is 5.73. The Morgan fingerprint density at radius 2 is 2.09 bits per heavy atom. The lowest BCUT2D eigenvalue weighted by Crippen LogP contribution is -2.03. The highest BCUT2D eigenvalue weighted by Crippen LogP contribution is 2.30. The quantitative estimate of drug-likeness (QED) is 0.594. The zero-order chi connectivity index (χ0) is 17.0. The molecule has 0 unspecified atom stereocenters. The summed E-state index contributed by atoms with van der Waals surface area (Å²) >= 11 is 0. The van der Waals surface area contributed by atoms with Crippen molar-refractivity contribution in [2.45, 2.75) is 13.5 Å². The molecule has 122 valence electrons. The second-order valence-corrected chi connectivity index (χ2v) is 4.35. The summed E-state index contributed by atoms with van der Waals surface area (Å²) in [5, 5.41) is 14.5. The topological polar surface area (TPSA) is 87.6 Å². The summed E-state index contributed by atoms with van der Waals surface area (Å²) in [7, 11) is 1.32. The number of hydrogen-bond acceptors (Lipinski definition) is 6. The molecule has 0 radical (unpaired) electrons. The summed E-state index contributed by atoms with van der Waals surface area (Å²) in [6.45, 7) is -1.58. The van der Waals surface area contributed by atoms with Gasteiger partial charge in [0, 0.05) is 6.92 Å². The third-order valence-electron chi connectivity index (χ3n) is 2.88. The van der Waals surface area contributed by atoms with Crippen LogP contribution in [0.4, 0.5) is 14.5 Å². The predicted molar refractivity (Wildman–Crippen MR) is 76.4 cm³/mol. The summed E-state index contributed by atoms with van der Waals surface area (Å²) in [5.74, 6) is 0.0762. The first-order chi connectivity index (χ1) is 10.9. The minimum absolute atomic E-state index is 0.0275. The van der Waals surface area contributed by atoms with Crippen LogP contribution in [0.25, 0.3) is 12.2 Å². The molecule has 0 aliphatic heterocycles. The zero-order valence-electron chi connectivity index (χ0n) is 12.2. The summed E-state index contributed by atoms with van der Waals surface area (Å²) in [6.07, 6.45) is 2.81. The Labute approximate surface area is 129 Å². The molecule has 0 bridgehead atoms. The van der Waals surface area contributed by atoms with E-state index < -0.39 is 11.5 Å². The predicted octanol–water partition coefficient (Wildman–Crippen LogP) is 3.67. The van der Waals surface area contributed by atoms with Gasteiger partial charge in [-0.15, -0.1) is 0 Å². The monoisotopic (exact) mass is 326 g/mol. The second-order valence-electron chi connectivity index (χ2n) is 4.35. The van der Waals surface area contributed by atoms with Crippen molar-refractivity contribution in [2.75, 3.05) is 7.11 Å².